The summed E-state index contributed by atoms with van der Waals surface area (Å²) in [6.07, 6.45) is 0. The lowest BCUT2D eigenvalue weighted by Gasteiger charge is -2.16. The zero-order valence-corrected chi connectivity index (χ0v) is 10.7. The second kappa shape index (κ2) is 5.23. The number of aromatic nitrogens is 3. The van der Waals surface area contributed by atoms with E-state index in [1.165, 1.54) is 30.1 Å². The number of rotatable bonds is 3. The molecular formula is C11H10ClFN4O2. The number of halogens is 2. The minimum Gasteiger partial charge on any atom is -0.334 e. The normalized spacial score (nSPS) is 10.5. The van der Waals surface area contributed by atoms with Crippen LogP contribution in [0.4, 0.5) is 4.39 Å². The van der Waals surface area contributed by atoms with E-state index in [0.29, 0.717) is 0 Å². The topological polar surface area (TPSA) is 81.8 Å². The Morgan fingerprint density at radius 3 is 2.84 bits per heavy atom. The predicted octanol–water partition coefficient (Wildman–Crippen LogP) is 1.16. The van der Waals surface area contributed by atoms with Crippen LogP contribution in [0.1, 0.15) is 16.2 Å². The minimum absolute atomic E-state index is 0.0285. The van der Waals surface area contributed by atoms with Crippen molar-refractivity contribution in [1.82, 2.24) is 20.1 Å². The smallest absolute Gasteiger partial charge is 0.334 e. The molecule has 2 aromatic rings. The Kier molecular flexibility index (Phi) is 3.66. The lowest BCUT2D eigenvalue weighted by molar-refractivity contribution is 0.0772. The van der Waals surface area contributed by atoms with Gasteiger partial charge in [0.1, 0.15) is 5.82 Å². The van der Waals surface area contributed by atoms with Gasteiger partial charge in [0.15, 0.2) is 0 Å². The zero-order valence-electron chi connectivity index (χ0n) is 9.91. The van der Waals surface area contributed by atoms with Gasteiger partial charge in [-0.2, -0.15) is 0 Å². The van der Waals surface area contributed by atoms with Gasteiger partial charge < -0.3 is 4.90 Å². The van der Waals surface area contributed by atoms with Crippen LogP contribution in [0.5, 0.6) is 0 Å². The molecule has 19 heavy (non-hydrogen) atoms. The number of H-pyrrole nitrogens is 2. The number of aromatic amines is 2. The fourth-order valence-corrected chi connectivity index (χ4v) is 1.77. The van der Waals surface area contributed by atoms with E-state index >= 15 is 0 Å². The summed E-state index contributed by atoms with van der Waals surface area (Å²) in [6.45, 7) is -0.0285. The number of amides is 1. The highest BCUT2D eigenvalue weighted by atomic mass is 35.5. The summed E-state index contributed by atoms with van der Waals surface area (Å²) in [5.74, 6) is -1.18. The first kappa shape index (κ1) is 13.3. The maximum absolute atomic E-state index is 13.6. The average molecular weight is 285 g/mol. The molecule has 0 saturated carbocycles. The number of hydrogen-bond acceptors (Lipinski definition) is 3. The summed E-state index contributed by atoms with van der Waals surface area (Å²) >= 11 is 5.87. The standard InChI is InChI=1S/C11H10ClFN4O2/c1-17(10(18)9-14-11(19)16-15-9)5-6-7(12)3-2-4-8(6)13/h2-4H,5H2,1H3,(H2,14,15,16,19). The van der Waals surface area contributed by atoms with Crippen LogP contribution in [0.15, 0.2) is 23.0 Å². The molecule has 0 spiro atoms. The average Bonchev–Trinajstić information content (AvgIpc) is 2.79. The van der Waals surface area contributed by atoms with Crippen molar-refractivity contribution >= 4 is 17.5 Å². The van der Waals surface area contributed by atoms with Crippen LogP contribution in [-0.2, 0) is 6.54 Å². The van der Waals surface area contributed by atoms with Crippen molar-refractivity contribution in [1.29, 1.82) is 0 Å². The van der Waals surface area contributed by atoms with E-state index in [-0.39, 0.29) is 23.0 Å². The summed E-state index contributed by atoms with van der Waals surface area (Å²) in [6, 6.07) is 4.28. The van der Waals surface area contributed by atoms with Gasteiger partial charge in [-0.05, 0) is 12.1 Å². The fourth-order valence-electron chi connectivity index (χ4n) is 1.54. The maximum Gasteiger partial charge on any atom is 0.341 e. The largest absolute Gasteiger partial charge is 0.341 e. The molecule has 0 radical (unpaired) electrons. The van der Waals surface area contributed by atoms with Crippen LogP contribution in [0, 0.1) is 5.82 Å². The number of nitrogens with one attached hydrogen (secondary N) is 2. The SMILES string of the molecule is CN(Cc1c(F)cccc1Cl)C(=O)c1n[nH]c(=O)[nH]1. The van der Waals surface area contributed by atoms with Crippen LogP contribution < -0.4 is 5.69 Å². The highest BCUT2D eigenvalue weighted by Crippen LogP contribution is 2.20. The number of hydrogen-bond donors (Lipinski definition) is 2. The summed E-state index contributed by atoms with van der Waals surface area (Å²) in [5.41, 5.74) is -0.376. The van der Waals surface area contributed by atoms with E-state index in [1.54, 1.807) is 0 Å². The Bertz CT molecular complexity index is 646. The van der Waals surface area contributed by atoms with Gasteiger partial charge in [-0.1, -0.05) is 17.7 Å². The van der Waals surface area contributed by atoms with E-state index in [2.05, 4.69) is 15.2 Å². The summed E-state index contributed by atoms with van der Waals surface area (Å²) in [4.78, 5) is 26.2. The van der Waals surface area contributed by atoms with Crippen LogP contribution in [0.3, 0.4) is 0 Å². The number of carbonyl (C=O) groups excluding carboxylic acids is 1. The molecule has 0 aliphatic carbocycles. The molecule has 0 fully saturated rings. The molecule has 0 saturated heterocycles. The van der Waals surface area contributed by atoms with Gasteiger partial charge in [-0.25, -0.2) is 14.3 Å². The lowest BCUT2D eigenvalue weighted by atomic mass is 10.2. The number of nitrogens with zero attached hydrogens (tertiary/aromatic N) is 2. The minimum atomic E-state index is -0.583. The van der Waals surface area contributed by atoms with Crippen molar-refractivity contribution in [2.75, 3.05) is 7.05 Å². The summed E-state index contributed by atoms with van der Waals surface area (Å²) in [5, 5.41) is 5.83. The van der Waals surface area contributed by atoms with E-state index in [9.17, 15) is 14.0 Å². The third-order valence-electron chi connectivity index (χ3n) is 2.51. The Hall–Kier alpha value is -2.15. The Balaban J connectivity index is 2.19. The van der Waals surface area contributed by atoms with Crippen molar-refractivity contribution in [3.05, 3.63) is 50.9 Å². The number of carbonyl (C=O) groups is 1. The molecule has 8 heteroatoms. The second-order valence-corrected chi connectivity index (χ2v) is 4.29. The van der Waals surface area contributed by atoms with Gasteiger partial charge in [0.25, 0.3) is 5.91 Å². The van der Waals surface area contributed by atoms with E-state index < -0.39 is 17.4 Å². The molecule has 1 aromatic heterocycles. The third kappa shape index (κ3) is 2.82. The molecule has 0 unspecified atom stereocenters. The van der Waals surface area contributed by atoms with Crippen LogP contribution in [0.25, 0.3) is 0 Å². The van der Waals surface area contributed by atoms with Gasteiger partial charge >= 0.3 is 5.69 Å². The van der Waals surface area contributed by atoms with Crippen LogP contribution in [0.2, 0.25) is 5.02 Å². The molecule has 2 rings (SSSR count). The predicted molar refractivity (Wildman–Crippen MR) is 66.4 cm³/mol. The van der Waals surface area contributed by atoms with Gasteiger partial charge in [0.2, 0.25) is 5.82 Å². The first-order valence-electron chi connectivity index (χ1n) is 5.32. The zero-order chi connectivity index (χ0) is 14.0. The van der Waals surface area contributed by atoms with Crippen molar-refractivity contribution in [3.8, 4) is 0 Å². The van der Waals surface area contributed by atoms with E-state index in [1.807, 2.05) is 0 Å². The Morgan fingerprint density at radius 2 is 2.26 bits per heavy atom. The molecule has 1 heterocycles. The quantitative estimate of drug-likeness (QED) is 0.887. The first-order valence-corrected chi connectivity index (χ1v) is 5.70. The second-order valence-electron chi connectivity index (χ2n) is 3.89. The molecule has 0 bridgehead atoms. The van der Waals surface area contributed by atoms with Crippen LogP contribution in [-0.4, -0.2) is 33.0 Å². The van der Waals surface area contributed by atoms with Gasteiger partial charge in [0.05, 0.1) is 6.54 Å². The van der Waals surface area contributed by atoms with Crippen molar-refractivity contribution in [2.45, 2.75) is 6.54 Å². The molecule has 0 aliphatic heterocycles. The van der Waals surface area contributed by atoms with Crippen molar-refractivity contribution in [3.63, 3.8) is 0 Å². The van der Waals surface area contributed by atoms with Crippen molar-refractivity contribution < 1.29 is 9.18 Å². The van der Waals surface area contributed by atoms with Crippen molar-refractivity contribution in [2.24, 2.45) is 0 Å². The third-order valence-corrected chi connectivity index (χ3v) is 2.86. The highest BCUT2D eigenvalue weighted by Gasteiger charge is 2.18. The molecule has 2 N–H and O–H groups in total. The number of benzene rings is 1. The Labute approximate surface area is 112 Å². The monoisotopic (exact) mass is 284 g/mol. The van der Waals surface area contributed by atoms with Crippen LogP contribution >= 0.6 is 11.6 Å². The molecule has 0 atom stereocenters. The van der Waals surface area contributed by atoms with Gasteiger partial charge in [-0.3, -0.25) is 9.78 Å². The first-order chi connectivity index (χ1) is 8.99. The molecule has 100 valence electrons. The van der Waals surface area contributed by atoms with E-state index in [0.717, 1.165) is 0 Å². The highest BCUT2D eigenvalue weighted by molar-refractivity contribution is 6.31. The Morgan fingerprint density at radius 1 is 1.53 bits per heavy atom. The summed E-state index contributed by atoms with van der Waals surface area (Å²) < 4.78 is 13.6. The molecule has 6 nitrogen and oxygen atoms in total. The van der Waals surface area contributed by atoms with Gasteiger partial charge in [-0.15, -0.1) is 5.10 Å². The fraction of sp³-hybridized carbons (Fsp3) is 0.182. The molecule has 1 aromatic carbocycles. The van der Waals surface area contributed by atoms with E-state index in [4.69, 9.17) is 11.6 Å². The molecule has 1 amide bonds. The summed E-state index contributed by atoms with van der Waals surface area (Å²) in [7, 11) is 1.46. The lowest BCUT2D eigenvalue weighted by Crippen LogP contribution is -2.28. The maximum atomic E-state index is 13.6. The molecular weight excluding hydrogens is 275 g/mol. The molecule has 0 aliphatic rings. The van der Waals surface area contributed by atoms with Gasteiger partial charge in [0, 0.05) is 17.6 Å².